The van der Waals surface area contributed by atoms with E-state index in [1.807, 2.05) is 4.68 Å². The van der Waals surface area contributed by atoms with Crippen LogP contribution in [0.5, 0.6) is 0 Å². The van der Waals surface area contributed by atoms with Crippen LogP contribution in [0.4, 0.5) is 0 Å². The molecule has 0 spiro atoms. The molecule has 0 radical (unpaired) electrons. The van der Waals surface area contributed by atoms with Gasteiger partial charge in [0, 0.05) is 0 Å². The molecule has 1 aromatic heterocycles. The summed E-state index contributed by atoms with van der Waals surface area (Å²) in [5, 5.41) is 4.24. The van der Waals surface area contributed by atoms with Crippen LogP contribution >= 0.6 is 0 Å². The van der Waals surface area contributed by atoms with E-state index in [1.165, 1.54) is 11.1 Å². The molecular formula is C16H21N3O. The summed E-state index contributed by atoms with van der Waals surface area (Å²) in [6.45, 7) is 5.90. The minimum atomic E-state index is -0.262. The highest BCUT2D eigenvalue weighted by Gasteiger charge is 2.41. The van der Waals surface area contributed by atoms with Crippen molar-refractivity contribution in [2.75, 3.05) is 6.61 Å². The molecular weight excluding hydrogens is 250 g/mol. The molecule has 20 heavy (non-hydrogen) atoms. The average molecular weight is 271 g/mol. The Kier molecular flexibility index (Phi) is 3.57. The second kappa shape index (κ2) is 5.37. The fourth-order valence-electron chi connectivity index (χ4n) is 2.96. The van der Waals surface area contributed by atoms with Crippen LogP contribution in [-0.2, 0) is 16.9 Å². The van der Waals surface area contributed by atoms with E-state index in [0.717, 1.165) is 26.0 Å². The Bertz CT molecular complexity index is 550. The van der Waals surface area contributed by atoms with Gasteiger partial charge in [-0.1, -0.05) is 43.2 Å². The van der Waals surface area contributed by atoms with Crippen LogP contribution in [0, 0.1) is 12.8 Å². The Balaban J connectivity index is 1.93. The van der Waals surface area contributed by atoms with Gasteiger partial charge in [0.1, 0.15) is 18.3 Å². The molecule has 2 atom stereocenters. The maximum atomic E-state index is 6.25. The van der Waals surface area contributed by atoms with Crippen LogP contribution in [0.15, 0.2) is 36.9 Å². The minimum Gasteiger partial charge on any atom is -0.368 e. The smallest absolute Gasteiger partial charge is 0.137 e. The molecule has 4 heteroatoms. The molecule has 1 aromatic carbocycles. The number of hydrogen-bond acceptors (Lipinski definition) is 3. The van der Waals surface area contributed by atoms with Crippen molar-refractivity contribution in [3.05, 3.63) is 48.0 Å². The van der Waals surface area contributed by atoms with Crippen LogP contribution in [0.3, 0.4) is 0 Å². The van der Waals surface area contributed by atoms with Crippen molar-refractivity contribution in [3.63, 3.8) is 0 Å². The van der Waals surface area contributed by atoms with Crippen LogP contribution in [0.2, 0.25) is 0 Å². The Hall–Kier alpha value is -1.68. The lowest BCUT2D eigenvalue weighted by molar-refractivity contribution is -0.0177. The topological polar surface area (TPSA) is 39.9 Å². The summed E-state index contributed by atoms with van der Waals surface area (Å²) in [6, 6.07) is 8.68. The lowest BCUT2D eigenvalue weighted by atomic mass is 9.86. The fraction of sp³-hybridized carbons (Fsp3) is 0.500. The maximum Gasteiger partial charge on any atom is 0.137 e. The Morgan fingerprint density at radius 2 is 2.15 bits per heavy atom. The van der Waals surface area contributed by atoms with Crippen molar-refractivity contribution in [1.82, 2.24) is 14.8 Å². The highest BCUT2D eigenvalue weighted by atomic mass is 16.5. The standard InChI is InChI=1S/C16H21N3O/c1-3-14-8-16(20-9-14,10-19-12-17-11-18-19)15-6-4-13(2)5-7-15/h4-7,11-12,14H,3,8-10H2,1-2H3/t14-,16?/m0/s1. The van der Waals surface area contributed by atoms with Crippen molar-refractivity contribution in [1.29, 1.82) is 0 Å². The molecule has 3 rings (SSSR count). The summed E-state index contributed by atoms with van der Waals surface area (Å²) >= 11 is 0. The zero-order chi connectivity index (χ0) is 14.0. The highest BCUT2D eigenvalue weighted by molar-refractivity contribution is 5.27. The Labute approximate surface area is 119 Å². The minimum absolute atomic E-state index is 0.262. The van der Waals surface area contributed by atoms with E-state index in [4.69, 9.17) is 4.74 Å². The van der Waals surface area contributed by atoms with E-state index in [1.54, 1.807) is 12.7 Å². The van der Waals surface area contributed by atoms with Gasteiger partial charge < -0.3 is 4.74 Å². The summed E-state index contributed by atoms with van der Waals surface area (Å²) in [6.07, 6.45) is 5.55. The molecule has 1 fully saturated rings. The number of nitrogens with zero attached hydrogens (tertiary/aromatic N) is 3. The predicted octanol–water partition coefficient (Wildman–Crippen LogP) is 2.93. The van der Waals surface area contributed by atoms with Gasteiger partial charge in [-0.3, -0.25) is 0 Å². The fourth-order valence-corrected chi connectivity index (χ4v) is 2.96. The average Bonchev–Trinajstić information content (AvgIpc) is 3.10. The molecule has 0 amide bonds. The van der Waals surface area contributed by atoms with Gasteiger partial charge >= 0.3 is 0 Å². The van der Waals surface area contributed by atoms with Crippen molar-refractivity contribution in [3.8, 4) is 0 Å². The number of benzene rings is 1. The lowest BCUT2D eigenvalue weighted by Gasteiger charge is -2.29. The van der Waals surface area contributed by atoms with Gasteiger partial charge in [-0.2, -0.15) is 5.10 Å². The molecule has 1 aliphatic rings. The third-order valence-corrected chi connectivity index (χ3v) is 4.25. The second-order valence-electron chi connectivity index (χ2n) is 5.74. The SMILES string of the molecule is CC[C@@H]1COC(Cn2cncn2)(c2ccc(C)cc2)C1. The summed E-state index contributed by atoms with van der Waals surface area (Å²) in [5.41, 5.74) is 2.26. The molecule has 2 heterocycles. The van der Waals surface area contributed by atoms with Crippen molar-refractivity contribution in [2.45, 2.75) is 38.8 Å². The normalized spacial score (nSPS) is 26.0. The van der Waals surface area contributed by atoms with Crippen LogP contribution in [0.25, 0.3) is 0 Å². The van der Waals surface area contributed by atoms with Gasteiger partial charge in [0.05, 0.1) is 13.2 Å². The molecule has 1 saturated heterocycles. The Morgan fingerprint density at radius 1 is 1.35 bits per heavy atom. The van der Waals surface area contributed by atoms with E-state index in [0.29, 0.717) is 5.92 Å². The van der Waals surface area contributed by atoms with Crippen LogP contribution < -0.4 is 0 Å². The zero-order valence-corrected chi connectivity index (χ0v) is 12.1. The van der Waals surface area contributed by atoms with Gasteiger partial charge in [0.25, 0.3) is 0 Å². The second-order valence-corrected chi connectivity index (χ2v) is 5.74. The zero-order valence-electron chi connectivity index (χ0n) is 12.1. The largest absolute Gasteiger partial charge is 0.368 e. The van der Waals surface area contributed by atoms with E-state index in [9.17, 15) is 0 Å². The summed E-state index contributed by atoms with van der Waals surface area (Å²) in [4.78, 5) is 4.04. The first-order chi connectivity index (χ1) is 9.72. The first-order valence-electron chi connectivity index (χ1n) is 7.25. The van der Waals surface area contributed by atoms with Gasteiger partial charge in [-0.15, -0.1) is 0 Å². The molecule has 0 bridgehead atoms. The van der Waals surface area contributed by atoms with E-state index in [-0.39, 0.29) is 5.60 Å². The molecule has 2 aromatic rings. The van der Waals surface area contributed by atoms with Gasteiger partial charge in [-0.25, -0.2) is 9.67 Å². The Morgan fingerprint density at radius 3 is 2.75 bits per heavy atom. The molecule has 4 nitrogen and oxygen atoms in total. The van der Waals surface area contributed by atoms with Gasteiger partial charge in [0.2, 0.25) is 0 Å². The third-order valence-electron chi connectivity index (χ3n) is 4.25. The van der Waals surface area contributed by atoms with E-state index >= 15 is 0 Å². The van der Waals surface area contributed by atoms with Crippen molar-refractivity contribution in [2.24, 2.45) is 5.92 Å². The number of rotatable bonds is 4. The van der Waals surface area contributed by atoms with Crippen LogP contribution in [-0.4, -0.2) is 21.4 Å². The number of aromatic nitrogens is 3. The molecule has 0 N–H and O–H groups in total. The lowest BCUT2D eigenvalue weighted by Crippen LogP contribution is -2.31. The summed E-state index contributed by atoms with van der Waals surface area (Å²) in [7, 11) is 0. The van der Waals surface area contributed by atoms with Gasteiger partial charge in [-0.05, 0) is 24.8 Å². The third kappa shape index (κ3) is 2.48. The quantitative estimate of drug-likeness (QED) is 0.858. The van der Waals surface area contributed by atoms with Crippen LogP contribution in [0.1, 0.15) is 30.9 Å². The molecule has 0 saturated carbocycles. The van der Waals surface area contributed by atoms with Crippen molar-refractivity contribution >= 4 is 0 Å². The first kappa shape index (κ1) is 13.3. The van der Waals surface area contributed by atoms with Crippen molar-refractivity contribution < 1.29 is 4.74 Å². The monoisotopic (exact) mass is 271 g/mol. The predicted molar refractivity (Wildman–Crippen MR) is 77.2 cm³/mol. The molecule has 1 aliphatic heterocycles. The van der Waals surface area contributed by atoms with E-state index in [2.05, 4.69) is 48.2 Å². The maximum absolute atomic E-state index is 6.25. The van der Waals surface area contributed by atoms with Gasteiger partial charge in [0.15, 0.2) is 0 Å². The summed E-state index contributed by atoms with van der Waals surface area (Å²) in [5.74, 6) is 0.625. The number of hydrogen-bond donors (Lipinski definition) is 0. The van der Waals surface area contributed by atoms with E-state index < -0.39 is 0 Å². The number of aryl methyl sites for hydroxylation is 1. The highest BCUT2D eigenvalue weighted by Crippen LogP contribution is 2.41. The molecule has 0 aliphatic carbocycles. The number of ether oxygens (including phenoxy) is 1. The summed E-state index contributed by atoms with van der Waals surface area (Å²) < 4.78 is 8.13. The molecule has 106 valence electrons. The first-order valence-corrected chi connectivity index (χ1v) is 7.25. The molecule has 1 unspecified atom stereocenters.